The number of nitrogens with zero attached hydrogens (tertiary/aromatic N) is 4. The molecule has 0 radical (unpaired) electrons. The molecule has 0 saturated heterocycles. The second-order valence-electron chi connectivity index (χ2n) is 4.67. The van der Waals surface area contributed by atoms with Crippen molar-refractivity contribution in [2.45, 2.75) is 10.9 Å². The minimum Gasteiger partial charge on any atom is -0.338 e. The van der Waals surface area contributed by atoms with Gasteiger partial charge in [0.15, 0.2) is 5.16 Å². The van der Waals surface area contributed by atoms with E-state index in [0.717, 1.165) is 10.4 Å². The highest BCUT2D eigenvalue weighted by molar-refractivity contribution is 7.98. The second kappa shape index (κ2) is 5.91. The molecule has 0 saturated carbocycles. The molecule has 6 nitrogen and oxygen atoms in total. The van der Waals surface area contributed by atoms with Crippen molar-refractivity contribution in [3.8, 4) is 10.7 Å². The van der Waals surface area contributed by atoms with Gasteiger partial charge in [-0.15, -0.1) is 22.7 Å². The van der Waals surface area contributed by atoms with Crippen molar-refractivity contribution in [2.75, 3.05) is 0 Å². The smallest absolute Gasteiger partial charge is 0.271 e. The highest BCUT2D eigenvalue weighted by atomic mass is 32.2. The molecule has 9 heteroatoms. The molecule has 0 amide bonds. The Morgan fingerprint density at radius 3 is 3.00 bits per heavy atom. The van der Waals surface area contributed by atoms with Gasteiger partial charge in [0.1, 0.15) is 4.70 Å². The molecular formula is C14H10N4O2S3. The molecule has 0 atom stereocenters. The van der Waals surface area contributed by atoms with E-state index >= 15 is 0 Å². The number of thiophene rings is 2. The summed E-state index contributed by atoms with van der Waals surface area (Å²) < 4.78 is 7.50. The Hall–Kier alpha value is -1.97. The third kappa shape index (κ3) is 2.71. The van der Waals surface area contributed by atoms with Gasteiger partial charge in [0, 0.05) is 7.05 Å². The Morgan fingerprint density at radius 2 is 2.17 bits per heavy atom. The van der Waals surface area contributed by atoms with Gasteiger partial charge < -0.3 is 4.52 Å². The molecule has 4 aromatic heterocycles. The molecular weight excluding hydrogens is 352 g/mol. The minimum atomic E-state index is -0.0303. The van der Waals surface area contributed by atoms with E-state index in [1.807, 2.05) is 29.0 Å². The first-order valence-electron chi connectivity index (χ1n) is 6.66. The van der Waals surface area contributed by atoms with E-state index in [4.69, 9.17) is 4.52 Å². The van der Waals surface area contributed by atoms with Crippen LogP contribution in [0, 0.1) is 0 Å². The maximum absolute atomic E-state index is 12.3. The summed E-state index contributed by atoms with van der Waals surface area (Å²) in [4.78, 5) is 22.1. The van der Waals surface area contributed by atoms with Gasteiger partial charge in [-0.25, -0.2) is 4.98 Å². The van der Waals surface area contributed by atoms with Crippen LogP contribution in [0.5, 0.6) is 0 Å². The first kappa shape index (κ1) is 14.6. The number of fused-ring (bicyclic) bond motifs is 1. The quantitative estimate of drug-likeness (QED) is 0.409. The SMILES string of the molecule is Cn1c(SCc2nc(-c3cccs3)no2)nc2ccsc2c1=O. The highest BCUT2D eigenvalue weighted by Gasteiger charge is 2.13. The summed E-state index contributed by atoms with van der Waals surface area (Å²) in [6.45, 7) is 0. The van der Waals surface area contributed by atoms with Gasteiger partial charge in [-0.1, -0.05) is 23.0 Å². The molecule has 23 heavy (non-hydrogen) atoms. The van der Waals surface area contributed by atoms with Crippen LogP contribution < -0.4 is 5.56 Å². The second-order valence-corrected chi connectivity index (χ2v) is 7.48. The van der Waals surface area contributed by atoms with Crippen molar-refractivity contribution in [3.63, 3.8) is 0 Å². The van der Waals surface area contributed by atoms with Crippen LogP contribution in [0.4, 0.5) is 0 Å². The van der Waals surface area contributed by atoms with E-state index in [9.17, 15) is 4.79 Å². The molecule has 116 valence electrons. The van der Waals surface area contributed by atoms with E-state index in [2.05, 4.69) is 15.1 Å². The van der Waals surface area contributed by atoms with Gasteiger partial charge in [0.2, 0.25) is 11.7 Å². The van der Waals surface area contributed by atoms with Gasteiger partial charge >= 0.3 is 0 Å². The van der Waals surface area contributed by atoms with E-state index in [1.54, 1.807) is 23.0 Å². The number of rotatable bonds is 4. The topological polar surface area (TPSA) is 73.8 Å². The summed E-state index contributed by atoms with van der Waals surface area (Å²) in [5.74, 6) is 1.57. The molecule has 0 unspecified atom stereocenters. The molecule has 4 rings (SSSR count). The molecule has 0 aromatic carbocycles. The fourth-order valence-electron chi connectivity index (χ4n) is 2.04. The largest absolute Gasteiger partial charge is 0.338 e. The molecule has 0 spiro atoms. The zero-order valence-corrected chi connectivity index (χ0v) is 14.4. The molecule has 4 heterocycles. The zero-order chi connectivity index (χ0) is 15.8. The summed E-state index contributed by atoms with van der Waals surface area (Å²) in [6, 6.07) is 5.75. The van der Waals surface area contributed by atoms with Crippen molar-refractivity contribution in [1.82, 2.24) is 19.7 Å². The van der Waals surface area contributed by atoms with Crippen molar-refractivity contribution < 1.29 is 4.52 Å². The molecule has 0 fully saturated rings. The van der Waals surface area contributed by atoms with Crippen molar-refractivity contribution in [2.24, 2.45) is 7.05 Å². The standard InChI is InChI=1S/C14H10N4O2S3/c1-18-13(19)11-8(4-6-22-11)15-14(18)23-7-10-16-12(17-20-10)9-3-2-5-21-9/h2-6H,7H2,1H3. The van der Waals surface area contributed by atoms with Crippen LogP contribution in [0.3, 0.4) is 0 Å². The van der Waals surface area contributed by atoms with Gasteiger partial charge in [0.25, 0.3) is 5.56 Å². The molecule has 0 bridgehead atoms. The van der Waals surface area contributed by atoms with Crippen molar-refractivity contribution in [1.29, 1.82) is 0 Å². The highest BCUT2D eigenvalue weighted by Crippen LogP contribution is 2.25. The van der Waals surface area contributed by atoms with E-state index in [1.165, 1.54) is 23.1 Å². The summed E-state index contributed by atoms with van der Waals surface area (Å²) in [6.07, 6.45) is 0. The lowest BCUT2D eigenvalue weighted by Gasteiger charge is -2.05. The number of hydrogen-bond donors (Lipinski definition) is 0. The van der Waals surface area contributed by atoms with Gasteiger partial charge in [-0.05, 0) is 22.9 Å². The van der Waals surface area contributed by atoms with Gasteiger partial charge in [-0.3, -0.25) is 9.36 Å². The van der Waals surface area contributed by atoms with Crippen LogP contribution in [-0.4, -0.2) is 19.7 Å². The fourth-order valence-corrected chi connectivity index (χ4v) is 4.31. The monoisotopic (exact) mass is 362 g/mol. The Kier molecular flexibility index (Phi) is 3.76. The third-order valence-corrected chi connectivity index (χ3v) is 5.95. The normalized spacial score (nSPS) is 11.3. The van der Waals surface area contributed by atoms with Gasteiger partial charge in [-0.2, -0.15) is 4.98 Å². The van der Waals surface area contributed by atoms with Crippen LogP contribution in [-0.2, 0) is 12.8 Å². The Morgan fingerprint density at radius 1 is 1.26 bits per heavy atom. The first-order chi connectivity index (χ1) is 11.2. The predicted molar refractivity (Wildman–Crippen MR) is 92.0 cm³/mol. The Balaban J connectivity index is 1.57. The van der Waals surface area contributed by atoms with E-state index in [0.29, 0.717) is 27.3 Å². The van der Waals surface area contributed by atoms with Crippen molar-refractivity contribution >= 4 is 44.7 Å². The summed E-state index contributed by atoms with van der Waals surface area (Å²) in [5, 5.41) is 8.45. The summed E-state index contributed by atoms with van der Waals surface area (Å²) in [7, 11) is 1.72. The Bertz CT molecular complexity index is 1020. The fraction of sp³-hybridized carbons (Fsp3) is 0.143. The molecule has 0 aliphatic carbocycles. The maximum atomic E-state index is 12.3. The van der Waals surface area contributed by atoms with Gasteiger partial charge in [0.05, 0.1) is 16.1 Å². The minimum absolute atomic E-state index is 0.0303. The lowest BCUT2D eigenvalue weighted by molar-refractivity contribution is 0.391. The lowest BCUT2D eigenvalue weighted by Crippen LogP contribution is -2.18. The number of thioether (sulfide) groups is 1. The summed E-state index contributed by atoms with van der Waals surface area (Å²) in [5.41, 5.74) is 0.697. The first-order valence-corrected chi connectivity index (χ1v) is 9.40. The number of hydrogen-bond acceptors (Lipinski definition) is 8. The van der Waals surface area contributed by atoms with Crippen LogP contribution in [0.2, 0.25) is 0 Å². The molecule has 0 aliphatic heterocycles. The average molecular weight is 362 g/mol. The summed E-state index contributed by atoms with van der Waals surface area (Å²) >= 11 is 4.38. The maximum Gasteiger partial charge on any atom is 0.271 e. The van der Waals surface area contributed by atoms with Crippen LogP contribution in [0.25, 0.3) is 20.9 Å². The van der Waals surface area contributed by atoms with Crippen LogP contribution in [0.15, 0.2) is 43.4 Å². The van der Waals surface area contributed by atoms with Crippen LogP contribution in [0.1, 0.15) is 5.89 Å². The average Bonchev–Trinajstić information content (AvgIpc) is 3.29. The third-order valence-electron chi connectivity index (χ3n) is 3.18. The zero-order valence-electron chi connectivity index (χ0n) is 11.9. The number of aromatic nitrogens is 4. The van der Waals surface area contributed by atoms with E-state index in [-0.39, 0.29) is 5.56 Å². The van der Waals surface area contributed by atoms with Crippen molar-refractivity contribution in [3.05, 3.63) is 45.2 Å². The molecule has 0 aliphatic rings. The van der Waals surface area contributed by atoms with E-state index < -0.39 is 0 Å². The molecule has 4 aromatic rings. The predicted octanol–water partition coefficient (Wildman–Crippen LogP) is 3.40. The molecule has 0 N–H and O–H groups in total. The van der Waals surface area contributed by atoms with Crippen LogP contribution >= 0.6 is 34.4 Å². The Labute approximate surface area is 142 Å². The lowest BCUT2D eigenvalue weighted by atomic mass is 10.4.